The van der Waals surface area contributed by atoms with Crippen molar-refractivity contribution in [2.24, 2.45) is 23.7 Å². The number of nitrogens with zero attached hydrogens (tertiary/aromatic N) is 4. The molecule has 8 unspecified atom stereocenters. The van der Waals surface area contributed by atoms with Gasteiger partial charge in [0.2, 0.25) is 0 Å². The van der Waals surface area contributed by atoms with E-state index in [4.69, 9.17) is 14.2 Å². The van der Waals surface area contributed by atoms with E-state index in [1.807, 2.05) is 55.5 Å². The number of rotatable bonds is 11. The third-order valence-electron chi connectivity index (χ3n) is 12.1. The summed E-state index contributed by atoms with van der Waals surface area (Å²) in [4.78, 5) is 13.8. The van der Waals surface area contributed by atoms with Crippen molar-refractivity contribution < 1.29 is 24.4 Å². The number of pyridine rings is 2. The lowest BCUT2D eigenvalue weighted by Gasteiger charge is -2.51. The molecule has 2 aromatic carbocycles. The molecule has 10 atom stereocenters. The maximum Gasteiger partial charge on any atom is 0.188 e. The number of benzene rings is 2. The van der Waals surface area contributed by atoms with Gasteiger partial charge in [-0.25, -0.2) is 0 Å². The second kappa shape index (κ2) is 18.2. The first-order valence-electron chi connectivity index (χ1n) is 18.9. The summed E-state index contributed by atoms with van der Waals surface area (Å²) in [6.45, 7) is 13.4. The molecule has 9 nitrogen and oxygen atoms in total. The Hall–Kier alpha value is -3.60. The number of ether oxygens (including phenoxy) is 3. The molecular weight excluding hydrogens is 665 g/mol. The lowest BCUT2D eigenvalue weighted by Crippen LogP contribution is -2.55. The minimum atomic E-state index is -0.504. The average Bonchev–Trinajstić information content (AvgIpc) is 3.19. The van der Waals surface area contributed by atoms with E-state index in [2.05, 4.69) is 39.3 Å². The second-order valence-electron chi connectivity index (χ2n) is 14.8. The summed E-state index contributed by atoms with van der Waals surface area (Å²) in [7, 11) is 1.61. The largest absolute Gasteiger partial charge is 0.494 e. The van der Waals surface area contributed by atoms with Crippen molar-refractivity contribution in [2.75, 3.05) is 46.7 Å². The lowest BCUT2D eigenvalue weighted by atomic mass is 9.72. The van der Waals surface area contributed by atoms with Crippen molar-refractivity contribution in [3.8, 4) is 11.5 Å². The van der Waals surface area contributed by atoms with Crippen molar-refractivity contribution in [1.29, 1.82) is 0 Å². The van der Waals surface area contributed by atoms with Crippen molar-refractivity contribution in [1.82, 2.24) is 19.8 Å². The molecule has 288 valence electrons. The number of hydrogen-bond acceptors (Lipinski definition) is 9. The summed E-state index contributed by atoms with van der Waals surface area (Å²) in [5.41, 5.74) is 3.69. The van der Waals surface area contributed by atoms with Crippen LogP contribution in [0.4, 0.5) is 0 Å². The van der Waals surface area contributed by atoms with Gasteiger partial charge in [-0.3, -0.25) is 19.8 Å². The summed E-state index contributed by atoms with van der Waals surface area (Å²) >= 11 is 0. The number of aliphatic hydroxyl groups excluding tert-OH is 2. The van der Waals surface area contributed by atoms with E-state index in [1.165, 1.54) is 19.3 Å². The van der Waals surface area contributed by atoms with E-state index in [0.717, 1.165) is 95.3 Å². The monoisotopic (exact) mass is 726 g/mol. The molecule has 6 saturated heterocycles. The Morgan fingerprint density at radius 3 is 1.81 bits per heavy atom. The Bertz CT molecular complexity index is 1800. The highest BCUT2D eigenvalue weighted by Gasteiger charge is 2.43. The minimum Gasteiger partial charge on any atom is -0.494 e. The third-order valence-corrected chi connectivity index (χ3v) is 12.1. The van der Waals surface area contributed by atoms with Gasteiger partial charge < -0.3 is 24.4 Å². The molecule has 4 aromatic rings. The lowest BCUT2D eigenvalue weighted by molar-refractivity contribution is -0.0562. The zero-order valence-electron chi connectivity index (χ0n) is 30.4. The van der Waals surface area contributed by atoms with Gasteiger partial charge in [0, 0.05) is 55.4 Å². The molecule has 9 heteroatoms. The Balaban J connectivity index is 0.000000197. The Labute approximate surface area is 317 Å². The van der Waals surface area contributed by atoms with E-state index < -0.39 is 12.2 Å². The van der Waals surface area contributed by atoms with Crippen LogP contribution < -0.4 is 9.47 Å². The van der Waals surface area contributed by atoms with Crippen LogP contribution in [0.2, 0.25) is 0 Å². The molecule has 0 spiro atoms. The fraction of sp³-hybridized carbons (Fsp3) is 0.545. The van der Waals surface area contributed by atoms with E-state index in [-0.39, 0.29) is 33.7 Å². The van der Waals surface area contributed by atoms with E-state index >= 15 is 0 Å². The van der Waals surface area contributed by atoms with Crippen molar-refractivity contribution in [3.05, 3.63) is 84.7 Å². The smallest absolute Gasteiger partial charge is 0.188 e. The van der Waals surface area contributed by atoms with Gasteiger partial charge in [-0.1, -0.05) is 34.3 Å². The Morgan fingerprint density at radius 2 is 1.34 bits per heavy atom. The van der Waals surface area contributed by atoms with E-state index in [9.17, 15) is 10.2 Å². The predicted octanol–water partition coefficient (Wildman–Crippen LogP) is 8.21. The van der Waals surface area contributed by atoms with Crippen molar-refractivity contribution in [2.45, 2.75) is 85.1 Å². The first-order valence-corrected chi connectivity index (χ1v) is 18.9. The maximum atomic E-state index is 11.3. The second-order valence-corrected chi connectivity index (χ2v) is 14.8. The van der Waals surface area contributed by atoms with Gasteiger partial charge in [-0.2, -0.15) is 0 Å². The average molecular weight is 727 g/mol. The van der Waals surface area contributed by atoms with E-state index in [1.54, 1.807) is 19.5 Å². The van der Waals surface area contributed by atoms with Crippen LogP contribution in [0.3, 0.4) is 0 Å². The molecule has 8 heterocycles. The van der Waals surface area contributed by atoms with Crippen LogP contribution in [-0.2, 0) is 4.74 Å². The quantitative estimate of drug-likeness (QED) is 0.117. The topological polar surface area (TPSA) is 100 Å². The van der Waals surface area contributed by atoms with Crippen LogP contribution in [-0.4, -0.2) is 88.8 Å². The fourth-order valence-electron chi connectivity index (χ4n) is 9.37. The first-order chi connectivity index (χ1) is 24.9. The number of aliphatic hydroxyl groups is 2. The Kier molecular flexibility index (Phi) is 13.9. The molecule has 6 aliphatic heterocycles. The molecule has 6 fully saturated rings. The van der Waals surface area contributed by atoms with Crippen LogP contribution in [0.15, 0.2) is 73.6 Å². The standard InChI is InChI=1S/C21H28N2O3.C21H26N2O2.2CH4/c1-3-14-12-23-9-7-15(14)10-20(23)21(24)17-6-8-22-19-5-4-16(11-18(17)19)26-13-25-2;1-3-14-13-23-10-8-15(14)11-20(23)21(24)17-7-9-22-19-6-5-16(25-4-2)12-18(17)19;;/h4-6,8,11,14-15,20-21,24H,3,7,9-10,12-13H2,1-2H3;3,5-7,9,12,14-15,20-21,24H,1,4,8,10-11,13H2,2H3;2*1H4/t2*14?,15?,20?,21-;;/m00../s1. The summed E-state index contributed by atoms with van der Waals surface area (Å²) in [6.07, 6.45) is 10.5. The van der Waals surface area contributed by atoms with Crippen LogP contribution in [0.5, 0.6) is 11.5 Å². The molecular formula is C44H62N4O5. The summed E-state index contributed by atoms with van der Waals surface area (Å²) in [6, 6.07) is 16.0. The van der Waals surface area contributed by atoms with Gasteiger partial charge >= 0.3 is 0 Å². The van der Waals surface area contributed by atoms with Crippen LogP contribution in [0, 0.1) is 23.7 Å². The van der Waals surface area contributed by atoms with Crippen molar-refractivity contribution >= 4 is 21.8 Å². The number of fused-ring (bicyclic) bond motifs is 8. The number of aromatic nitrogens is 2. The fourth-order valence-corrected chi connectivity index (χ4v) is 9.37. The molecule has 2 aromatic heterocycles. The SMILES string of the molecule is C.C.C=CC1CN2CCC1CC2[C@@H](O)c1ccnc2ccc(OCC)cc12.CCC1CN2CCC1CC2[C@@H](O)c1ccnc2ccc(OCOC)cc12. The molecule has 4 bridgehead atoms. The van der Waals surface area contributed by atoms with Crippen molar-refractivity contribution in [3.63, 3.8) is 0 Å². The summed E-state index contributed by atoms with van der Waals surface area (Å²) in [5, 5.41) is 24.4. The zero-order chi connectivity index (χ0) is 35.5. The number of piperidine rings is 6. The molecule has 53 heavy (non-hydrogen) atoms. The van der Waals surface area contributed by atoms with Crippen LogP contribution >= 0.6 is 0 Å². The molecule has 0 amide bonds. The number of methoxy groups -OCH3 is 1. The van der Waals surface area contributed by atoms with E-state index in [0.29, 0.717) is 18.4 Å². The van der Waals surface area contributed by atoms with Crippen LogP contribution in [0.25, 0.3) is 21.8 Å². The van der Waals surface area contributed by atoms with Gasteiger partial charge in [0.15, 0.2) is 6.79 Å². The maximum absolute atomic E-state index is 11.3. The van der Waals surface area contributed by atoms with Gasteiger partial charge in [-0.15, -0.1) is 6.58 Å². The zero-order valence-corrected chi connectivity index (χ0v) is 30.4. The van der Waals surface area contributed by atoms with Gasteiger partial charge in [-0.05, 0) is 129 Å². The first kappa shape index (κ1) is 40.6. The van der Waals surface area contributed by atoms with Gasteiger partial charge in [0.25, 0.3) is 0 Å². The minimum absolute atomic E-state index is 0. The summed E-state index contributed by atoms with van der Waals surface area (Å²) < 4.78 is 16.2. The normalized spacial score (nSPS) is 28.2. The number of hydrogen-bond donors (Lipinski definition) is 2. The molecule has 0 aliphatic carbocycles. The molecule has 10 rings (SSSR count). The third kappa shape index (κ3) is 8.40. The molecule has 0 radical (unpaired) electrons. The highest BCUT2D eigenvalue weighted by molar-refractivity contribution is 5.84. The summed E-state index contributed by atoms with van der Waals surface area (Å²) in [5.74, 6) is 4.31. The molecule has 2 N–H and O–H groups in total. The predicted molar refractivity (Wildman–Crippen MR) is 214 cm³/mol. The van der Waals surface area contributed by atoms with Gasteiger partial charge in [0.05, 0.1) is 29.8 Å². The molecule has 0 saturated carbocycles. The Morgan fingerprint density at radius 1 is 0.792 bits per heavy atom. The van der Waals surface area contributed by atoms with Crippen LogP contribution in [0.1, 0.15) is 84.1 Å². The highest BCUT2D eigenvalue weighted by atomic mass is 16.7. The van der Waals surface area contributed by atoms with Gasteiger partial charge in [0.1, 0.15) is 11.5 Å². The highest BCUT2D eigenvalue weighted by Crippen LogP contribution is 2.44. The molecule has 6 aliphatic rings.